The largest absolute Gasteiger partial charge is 0.481 e. The molecule has 1 aliphatic carbocycles. The van der Waals surface area contributed by atoms with Gasteiger partial charge in [-0.05, 0) is 38.3 Å². The average molecular weight is 356 g/mol. The van der Waals surface area contributed by atoms with Crippen LogP contribution in [-0.4, -0.2) is 59.0 Å². The smallest absolute Gasteiger partial charge is 0.313 e. The van der Waals surface area contributed by atoms with Crippen molar-refractivity contribution in [2.75, 3.05) is 26.2 Å². The Morgan fingerprint density at radius 2 is 1.85 bits per heavy atom. The van der Waals surface area contributed by atoms with Gasteiger partial charge in [0, 0.05) is 43.7 Å². The summed E-state index contributed by atoms with van der Waals surface area (Å²) in [6, 6.07) is 6.43. The zero-order valence-electron chi connectivity index (χ0n) is 15.7. The average Bonchev–Trinajstić information content (AvgIpc) is 3.29. The predicted octanol–water partition coefficient (Wildman–Crippen LogP) is 2.70. The first-order chi connectivity index (χ1) is 12.4. The lowest BCUT2D eigenvalue weighted by atomic mass is 9.81. The molecular weight excluding hydrogens is 328 g/mol. The van der Waals surface area contributed by atoms with Crippen molar-refractivity contribution in [2.45, 2.75) is 45.6 Å². The fraction of sp³-hybridized carbons (Fsp3) is 0.619. The van der Waals surface area contributed by atoms with Gasteiger partial charge in [-0.3, -0.25) is 14.5 Å². The van der Waals surface area contributed by atoms with Crippen molar-refractivity contribution < 1.29 is 14.7 Å². The summed E-state index contributed by atoms with van der Waals surface area (Å²) < 4.78 is 0. The van der Waals surface area contributed by atoms with Crippen LogP contribution < -0.4 is 0 Å². The third kappa shape index (κ3) is 2.73. The van der Waals surface area contributed by atoms with Crippen molar-refractivity contribution in [1.82, 2.24) is 9.80 Å². The lowest BCUT2D eigenvalue weighted by Crippen LogP contribution is -2.43. The molecule has 1 saturated carbocycles. The molecule has 1 aromatic carbocycles. The molecule has 2 atom stereocenters. The van der Waals surface area contributed by atoms with E-state index in [-0.39, 0.29) is 11.8 Å². The van der Waals surface area contributed by atoms with E-state index in [4.69, 9.17) is 0 Å². The molecule has 1 N–H and O–H groups in total. The maximum Gasteiger partial charge on any atom is 0.313 e. The number of carbonyl (C=O) groups is 2. The zero-order chi connectivity index (χ0) is 18.5. The predicted molar refractivity (Wildman–Crippen MR) is 99.2 cm³/mol. The number of carboxylic acids is 1. The highest BCUT2D eigenvalue weighted by atomic mass is 16.4. The number of nitrogens with zero attached hydrogens (tertiary/aromatic N) is 2. The van der Waals surface area contributed by atoms with Gasteiger partial charge in [-0.25, -0.2) is 0 Å². The van der Waals surface area contributed by atoms with Crippen LogP contribution in [0.2, 0.25) is 0 Å². The Balaban J connectivity index is 1.55. The van der Waals surface area contributed by atoms with Gasteiger partial charge in [0.25, 0.3) is 5.91 Å². The van der Waals surface area contributed by atoms with E-state index in [1.807, 2.05) is 32.0 Å². The maximum atomic E-state index is 13.1. The molecule has 3 aliphatic rings. The summed E-state index contributed by atoms with van der Waals surface area (Å²) in [5, 5.41) is 10.0. The summed E-state index contributed by atoms with van der Waals surface area (Å²) in [5.74, 6) is -0.720. The van der Waals surface area contributed by atoms with E-state index in [9.17, 15) is 14.7 Å². The summed E-state index contributed by atoms with van der Waals surface area (Å²) in [6.45, 7) is 6.22. The standard InChI is InChI=1S/C21H28N2O3/c1-14-7-8-15(2)18(9-14)19(24)23-11-16-10-22(17-5-3-4-6-17)12-21(16,13-23)20(25)26/h7-9,16-17H,3-6,10-13H2,1-2H3,(H,25,26)/t16-,21-/m0/s1. The second kappa shape index (κ2) is 6.38. The van der Waals surface area contributed by atoms with Crippen LogP contribution in [-0.2, 0) is 4.79 Å². The SMILES string of the molecule is Cc1ccc(C)c(C(=O)N2C[C@@H]3CN(C4CCCC4)C[C@]3(C(=O)O)C2)c1. The minimum Gasteiger partial charge on any atom is -0.481 e. The summed E-state index contributed by atoms with van der Waals surface area (Å²) in [4.78, 5) is 29.5. The number of fused-ring (bicyclic) bond motifs is 1. The van der Waals surface area contributed by atoms with Crippen molar-refractivity contribution in [1.29, 1.82) is 0 Å². The quantitative estimate of drug-likeness (QED) is 0.905. The minimum atomic E-state index is -0.796. The molecule has 26 heavy (non-hydrogen) atoms. The Hall–Kier alpha value is -1.88. The summed E-state index contributed by atoms with van der Waals surface area (Å²) in [7, 11) is 0. The van der Waals surface area contributed by atoms with Gasteiger partial charge >= 0.3 is 5.97 Å². The Labute approximate surface area is 155 Å². The molecule has 5 nitrogen and oxygen atoms in total. The monoisotopic (exact) mass is 356 g/mol. The van der Waals surface area contributed by atoms with Gasteiger partial charge in [-0.2, -0.15) is 0 Å². The van der Waals surface area contributed by atoms with Crippen LogP contribution in [0, 0.1) is 25.2 Å². The van der Waals surface area contributed by atoms with Gasteiger partial charge in [0.15, 0.2) is 0 Å². The molecule has 2 aliphatic heterocycles. The molecule has 0 bridgehead atoms. The van der Waals surface area contributed by atoms with Gasteiger partial charge in [0.05, 0.1) is 0 Å². The molecule has 0 spiro atoms. The number of aliphatic carboxylic acids is 1. The highest BCUT2D eigenvalue weighted by Gasteiger charge is 2.59. The lowest BCUT2D eigenvalue weighted by Gasteiger charge is -2.29. The number of likely N-dealkylation sites (tertiary alicyclic amines) is 2. The van der Waals surface area contributed by atoms with Gasteiger partial charge < -0.3 is 10.0 Å². The lowest BCUT2D eigenvalue weighted by molar-refractivity contribution is -0.148. The third-order valence-electron chi connectivity index (χ3n) is 6.81. The van der Waals surface area contributed by atoms with E-state index in [1.54, 1.807) is 4.90 Å². The van der Waals surface area contributed by atoms with Crippen LogP contribution in [0.1, 0.15) is 47.2 Å². The second-order valence-corrected chi connectivity index (χ2v) is 8.53. The number of benzene rings is 1. The van der Waals surface area contributed by atoms with Gasteiger partial charge in [-0.1, -0.05) is 30.5 Å². The number of aryl methyl sites for hydroxylation is 2. The topological polar surface area (TPSA) is 60.9 Å². The summed E-state index contributed by atoms with van der Waals surface area (Å²) >= 11 is 0. The highest BCUT2D eigenvalue weighted by molar-refractivity contribution is 5.96. The highest BCUT2D eigenvalue weighted by Crippen LogP contribution is 2.45. The van der Waals surface area contributed by atoms with Crippen molar-refractivity contribution in [3.63, 3.8) is 0 Å². The zero-order valence-corrected chi connectivity index (χ0v) is 15.7. The van der Waals surface area contributed by atoms with Crippen LogP contribution in [0.3, 0.4) is 0 Å². The molecule has 5 heteroatoms. The number of carbonyl (C=O) groups excluding carboxylic acids is 1. The van der Waals surface area contributed by atoms with Crippen LogP contribution >= 0.6 is 0 Å². The molecular formula is C21H28N2O3. The second-order valence-electron chi connectivity index (χ2n) is 8.53. The van der Waals surface area contributed by atoms with Crippen LogP contribution in [0.25, 0.3) is 0 Å². The third-order valence-corrected chi connectivity index (χ3v) is 6.81. The van der Waals surface area contributed by atoms with E-state index < -0.39 is 11.4 Å². The number of hydrogen-bond acceptors (Lipinski definition) is 3. The number of hydrogen-bond donors (Lipinski definition) is 1. The first kappa shape index (κ1) is 17.5. The molecule has 0 radical (unpaired) electrons. The van der Waals surface area contributed by atoms with E-state index in [0.717, 1.165) is 17.7 Å². The van der Waals surface area contributed by atoms with Crippen molar-refractivity contribution >= 4 is 11.9 Å². The molecule has 4 rings (SSSR count). The first-order valence-electron chi connectivity index (χ1n) is 9.75. The maximum absolute atomic E-state index is 13.1. The minimum absolute atomic E-state index is 0.0198. The van der Waals surface area contributed by atoms with Crippen molar-refractivity contribution in [3.8, 4) is 0 Å². The van der Waals surface area contributed by atoms with Crippen LogP contribution in [0.4, 0.5) is 0 Å². The van der Waals surface area contributed by atoms with E-state index in [0.29, 0.717) is 31.2 Å². The van der Waals surface area contributed by atoms with E-state index >= 15 is 0 Å². The van der Waals surface area contributed by atoms with Crippen LogP contribution in [0.15, 0.2) is 18.2 Å². The van der Waals surface area contributed by atoms with Crippen LogP contribution in [0.5, 0.6) is 0 Å². The fourth-order valence-corrected chi connectivity index (χ4v) is 5.25. The molecule has 2 saturated heterocycles. The van der Waals surface area contributed by atoms with Crippen molar-refractivity contribution in [2.24, 2.45) is 11.3 Å². The molecule has 2 heterocycles. The van der Waals surface area contributed by atoms with Gasteiger partial charge in [-0.15, -0.1) is 0 Å². The molecule has 0 aromatic heterocycles. The molecule has 1 amide bonds. The molecule has 1 aromatic rings. The summed E-state index contributed by atoms with van der Waals surface area (Å²) in [5.41, 5.74) is 1.92. The normalized spacial score (nSPS) is 29.3. The first-order valence-corrected chi connectivity index (χ1v) is 9.75. The number of carboxylic acid groups (broad SMARTS) is 1. The Morgan fingerprint density at radius 3 is 2.50 bits per heavy atom. The molecule has 140 valence electrons. The Morgan fingerprint density at radius 1 is 1.12 bits per heavy atom. The van der Waals surface area contributed by atoms with Gasteiger partial charge in [0.2, 0.25) is 0 Å². The molecule has 3 fully saturated rings. The number of amides is 1. The van der Waals surface area contributed by atoms with Crippen molar-refractivity contribution in [3.05, 3.63) is 34.9 Å². The fourth-order valence-electron chi connectivity index (χ4n) is 5.25. The molecule has 0 unspecified atom stereocenters. The van der Waals surface area contributed by atoms with E-state index in [2.05, 4.69) is 4.90 Å². The Bertz CT molecular complexity index is 741. The Kier molecular flexibility index (Phi) is 4.30. The van der Waals surface area contributed by atoms with Gasteiger partial charge in [0.1, 0.15) is 5.41 Å². The summed E-state index contributed by atoms with van der Waals surface area (Å²) in [6.07, 6.45) is 4.88. The van der Waals surface area contributed by atoms with E-state index in [1.165, 1.54) is 25.7 Å². The number of rotatable bonds is 3.